The number of carbonyl (C=O) groups excluding carboxylic acids is 1. The number of nitrogens with one attached hydrogen (secondary N) is 1. The number of hydrogen-bond donors (Lipinski definition) is 2. The van der Waals surface area contributed by atoms with Gasteiger partial charge in [0.2, 0.25) is 0 Å². The van der Waals surface area contributed by atoms with E-state index in [-0.39, 0.29) is 19.1 Å². The number of pyridine rings is 1. The summed E-state index contributed by atoms with van der Waals surface area (Å²) in [5.41, 5.74) is 0.936. The van der Waals surface area contributed by atoms with Crippen LogP contribution in [-0.2, 0) is 0 Å². The first kappa shape index (κ1) is 11.7. The van der Waals surface area contributed by atoms with Crippen molar-refractivity contribution in [2.75, 3.05) is 13.2 Å². The smallest absolute Gasteiger partial charge is 0.263 e. The van der Waals surface area contributed by atoms with Crippen molar-refractivity contribution in [3.8, 4) is 10.6 Å². The first-order valence-corrected chi connectivity index (χ1v) is 5.88. The molecule has 0 aromatic carbocycles. The Morgan fingerprint density at radius 2 is 2.18 bits per heavy atom. The van der Waals surface area contributed by atoms with Crippen molar-refractivity contribution in [3.05, 3.63) is 35.6 Å². The molecule has 2 rings (SSSR count). The SMILES string of the molecule is O=C(NCCO)c1cnc(-c2ccncc2)s1. The van der Waals surface area contributed by atoms with Crippen molar-refractivity contribution in [1.82, 2.24) is 15.3 Å². The molecule has 2 heterocycles. The number of hydrogen-bond acceptors (Lipinski definition) is 5. The maximum absolute atomic E-state index is 11.6. The van der Waals surface area contributed by atoms with Gasteiger partial charge in [0.05, 0.1) is 12.8 Å². The first-order valence-electron chi connectivity index (χ1n) is 5.06. The van der Waals surface area contributed by atoms with Gasteiger partial charge in [-0.2, -0.15) is 0 Å². The van der Waals surface area contributed by atoms with Crippen LogP contribution in [0.4, 0.5) is 0 Å². The zero-order valence-electron chi connectivity index (χ0n) is 8.96. The molecule has 0 atom stereocenters. The van der Waals surface area contributed by atoms with Crippen LogP contribution in [0.2, 0.25) is 0 Å². The van der Waals surface area contributed by atoms with Crippen molar-refractivity contribution < 1.29 is 9.90 Å². The summed E-state index contributed by atoms with van der Waals surface area (Å²) in [5.74, 6) is -0.211. The average Bonchev–Trinajstić information content (AvgIpc) is 2.86. The number of rotatable bonds is 4. The van der Waals surface area contributed by atoms with E-state index in [1.807, 2.05) is 12.1 Å². The highest BCUT2D eigenvalue weighted by molar-refractivity contribution is 7.16. The molecule has 0 aliphatic rings. The minimum absolute atomic E-state index is 0.0677. The molecule has 2 aromatic rings. The van der Waals surface area contributed by atoms with E-state index in [1.165, 1.54) is 17.5 Å². The summed E-state index contributed by atoms with van der Waals surface area (Å²) in [5, 5.41) is 12.0. The van der Waals surface area contributed by atoms with E-state index in [9.17, 15) is 4.79 Å². The van der Waals surface area contributed by atoms with E-state index in [0.717, 1.165) is 10.6 Å². The van der Waals surface area contributed by atoms with E-state index in [4.69, 9.17) is 5.11 Å². The second kappa shape index (κ2) is 5.51. The van der Waals surface area contributed by atoms with Crippen LogP contribution in [0.15, 0.2) is 30.7 Å². The van der Waals surface area contributed by atoms with E-state index >= 15 is 0 Å². The van der Waals surface area contributed by atoms with E-state index in [1.54, 1.807) is 12.4 Å². The van der Waals surface area contributed by atoms with E-state index < -0.39 is 0 Å². The molecule has 5 nitrogen and oxygen atoms in total. The molecule has 0 unspecified atom stereocenters. The second-order valence-corrected chi connectivity index (χ2v) is 4.28. The third kappa shape index (κ3) is 2.86. The Hall–Kier alpha value is -1.79. The summed E-state index contributed by atoms with van der Waals surface area (Å²) in [6.07, 6.45) is 4.90. The largest absolute Gasteiger partial charge is 0.395 e. The fraction of sp³-hybridized carbons (Fsp3) is 0.182. The lowest BCUT2D eigenvalue weighted by molar-refractivity contribution is 0.0948. The number of amides is 1. The van der Waals surface area contributed by atoms with Gasteiger partial charge in [-0.1, -0.05) is 0 Å². The van der Waals surface area contributed by atoms with Gasteiger partial charge in [-0.15, -0.1) is 11.3 Å². The van der Waals surface area contributed by atoms with Crippen molar-refractivity contribution in [2.24, 2.45) is 0 Å². The summed E-state index contributed by atoms with van der Waals surface area (Å²) in [7, 11) is 0. The standard InChI is InChI=1S/C11H11N3O2S/c15-6-5-13-10(16)9-7-14-11(17-9)8-1-3-12-4-2-8/h1-4,7,15H,5-6H2,(H,13,16). The highest BCUT2D eigenvalue weighted by atomic mass is 32.1. The van der Waals surface area contributed by atoms with Gasteiger partial charge in [-0.05, 0) is 12.1 Å². The molecule has 0 aliphatic carbocycles. The van der Waals surface area contributed by atoms with Crippen molar-refractivity contribution in [3.63, 3.8) is 0 Å². The lowest BCUT2D eigenvalue weighted by atomic mass is 10.3. The van der Waals surface area contributed by atoms with E-state index in [2.05, 4.69) is 15.3 Å². The quantitative estimate of drug-likeness (QED) is 0.845. The average molecular weight is 249 g/mol. The van der Waals surface area contributed by atoms with Gasteiger partial charge in [-0.25, -0.2) is 4.98 Å². The van der Waals surface area contributed by atoms with Gasteiger partial charge in [0, 0.05) is 24.5 Å². The van der Waals surface area contributed by atoms with Crippen LogP contribution in [0.3, 0.4) is 0 Å². The Morgan fingerprint density at radius 3 is 2.88 bits per heavy atom. The summed E-state index contributed by atoms with van der Waals surface area (Å²) in [6, 6.07) is 3.68. The van der Waals surface area contributed by atoms with Crippen LogP contribution < -0.4 is 5.32 Å². The number of thiazole rings is 1. The normalized spacial score (nSPS) is 10.2. The summed E-state index contributed by atoms with van der Waals surface area (Å²) in [4.78, 5) is 20.2. The summed E-state index contributed by atoms with van der Waals surface area (Å²) < 4.78 is 0. The van der Waals surface area contributed by atoms with Crippen LogP contribution in [0.25, 0.3) is 10.6 Å². The van der Waals surface area contributed by atoms with Crippen LogP contribution in [-0.4, -0.2) is 34.1 Å². The van der Waals surface area contributed by atoms with Crippen LogP contribution >= 0.6 is 11.3 Å². The Bertz CT molecular complexity index is 498. The molecule has 0 saturated heterocycles. The molecule has 2 aromatic heterocycles. The van der Waals surface area contributed by atoms with Gasteiger partial charge in [0.15, 0.2) is 0 Å². The fourth-order valence-corrected chi connectivity index (χ4v) is 2.10. The number of carbonyl (C=O) groups is 1. The molecule has 0 aliphatic heterocycles. The molecule has 0 spiro atoms. The third-order valence-electron chi connectivity index (χ3n) is 2.05. The lowest BCUT2D eigenvalue weighted by Gasteiger charge is -1.98. The molecular formula is C11H11N3O2S. The van der Waals surface area contributed by atoms with Gasteiger partial charge < -0.3 is 10.4 Å². The Kier molecular flexibility index (Phi) is 3.79. The van der Waals surface area contributed by atoms with Crippen LogP contribution in [0.5, 0.6) is 0 Å². The van der Waals surface area contributed by atoms with Crippen molar-refractivity contribution in [2.45, 2.75) is 0 Å². The first-order chi connectivity index (χ1) is 8.31. The Morgan fingerprint density at radius 1 is 1.41 bits per heavy atom. The zero-order valence-corrected chi connectivity index (χ0v) is 9.78. The number of nitrogens with zero attached hydrogens (tertiary/aromatic N) is 2. The van der Waals surface area contributed by atoms with Gasteiger partial charge in [-0.3, -0.25) is 9.78 Å². The zero-order chi connectivity index (χ0) is 12.1. The van der Waals surface area contributed by atoms with E-state index in [0.29, 0.717) is 4.88 Å². The maximum Gasteiger partial charge on any atom is 0.263 e. The van der Waals surface area contributed by atoms with Gasteiger partial charge >= 0.3 is 0 Å². The molecule has 2 N–H and O–H groups in total. The highest BCUT2D eigenvalue weighted by Crippen LogP contribution is 2.24. The van der Waals surface area contributed by atoms with Crippen LogP contribution in [0.1, 0.15) is 9.67 Å². The molecule has 0 radical (unpaired) electrons. The molecule has 0 saturated carbocycles. The Labute approximate surface area is 102 Å². The van der Waals surface area contributed by atoms with Gasteiger partial charge in [0.1, 0.15) is 9.88 Å². The molecule has 17 heavy (non-hydrogen) atoms. The number of aliphatic hydroxyl groups is 1. The second-order valence-electron chi connectivity index (χ2n) is 3.25. The molecule has 6 heteroatoms. The maximum atomic E-state index is 11.6. The molecule has 1 amide bonds. The fourth-order valence-electron chi connectivity index (χ4n) is 1.26. The lowest BCUT2D eigenvalue weighted by Crippen LogP contribution is -2.25. The highest BCUT2D eigenvalue weighted by Gasteiger charge is 2.10. The molecular weight excluding hydrogens is 238 g/mol. The third-order valence-corrected chi connectivity index (χ3v) is 3.10. The van der Waals surface area contributed by atoms with Crippen molar-refractivity contribution in [1.29, 1.82) is 0 Å². The molecule has 0 fully saturated rings. The number of aromatic nitrogens is 2. The topological polar surface area (TPSA) is 75.1 Å². The summed E-state index contributed by atoms with van der Waals surface area (Å²) in [6.45, 7) is 0.184. The van der Waals surface area contributed by atoms with Gasteiger partial charge in [0.25, 0.3) is 5.91 Å². The van der Waals surface area contributed by atoms with Crippen molar-refractivity contribution >= 4 is 17.2 Å². The molecule has 88 valence electrons. The predicted molar refractivity (Wildman–Crippen MR) is 64.8 cm³/mol. The Balaban J connectivity index is 2.14. The minimum atomic E-state index is -0.211. The minimum Gasteiger partial charge on any atom is -0.395 e. The summed E-state index contributed by atoms with van der Waals surface area (Å²) >= 11 is 1.31. The predicted octanol–water partition coefficient (Wildman–Crippen LogP) is 0.927. The number of aliphatic hydroxyl groups excluding tert-OH is 1. The monoisotopic (exact) mass is 249 g/mol. The van der Waals surface area contributed by atoms with Crippen LogP contribution in [0, 0.1) is 0 Å². The molecule has 0 bridgehead atoms.